The van der Waals surface area contributed by atoms with E-state index in [9.17, 15) is 14.9 Å². The number of fused-ring (bicyclic) bond motifs is 1. The first-order chi connectivity index (χ1) is 10.1. The Morgan fingerprint density at radius 2 is 2.10 bits per heavy atom. The van der Waals surface area contributed by atoms with Crippen molar-refractivity contribution in [2.75, 3.05) is 13.7 Å². The minimum atomic E-state index is -0.518. The number of hydrogen-bond donors (Lipinski definition) is 1. The van der Waals surface area contributed by atoms with Crippen LogP contribution >= 0.6 is 0 Å². The Morgan fingerprint density at radius 1 is 1.33 bits per heavy atom. The molecule has 2 rings (SSSR count). The fourth-order valence-corrected chi connectivity index (χ4v) is 2.00. The topological polar surface area (TPSA) is 94.5 Å². The number of pyridine rings is 1. The van der Waals surface area contributed by atoms with Crippen molar-refractivity contribution in [1.82, 2.24) is 4.98 Å². The van der Waals surface area contributed by atoms with Crippen LogP contribution in [0.5, 0.6) is 11.5 Å². The van der Waals surface area contributed by atoms with Gasteiger partial charge < -0.3 is 14.5 Å². The Kier molecular flexibility index (Phi) is 4.42. The number of benzene rings is 1. The van der Waals surface area contributed by atoms with Crippen molar-refractivity contribution in [3.63, 3.8) is 0 Å². The molecular weight excluding hydrogens is 276 g/mol. The van der Waals surface area contributed by atoms with Crippen LogP contribution in [0.25, 0.3) is 10.9 Å². The predicted molar refractivity (Wildman–Crippen MR) is 78.2 cm³/mol. The molecule has 1 heterocycles. The third kappa shape index (κ3) is 2.96. The van der Waals surface area contributed by atoms with Gasteiger partial charge in [0.2, 0.25) is 5.75 Å². The lowest BCUT2D eigenvalue weighted by Gasteiger charge is -2.11. The molecule has 0 spiro atoms. The van der Waals surface area contributed by atoms with Gasteiger partial charge in [-0.25, -0.2) is 0 Å². The second-order valence-corrected chi connectivity index (χ2v) is 4.51. The van der Waals surface area contributed by atoms with E-state index in [2.05, 4.69) is 4.98 Å². The molecule has 0 bridgehead atoms. The first-order valence-corrected chi connectivity index (χ1v) is 6.59. The highest BCUT2D eigenvalue weighted by molar-refractivity contribution is 5.88. The number of rotatable bonds is 6. The number of nitro groups is 1. The number of ether oxygens (including phenoxy) is 2. The number of H-pyrrole nitrogens is 1. The molecule has 1 aromatic heterocycles. The molecule has 0 aliphatic carbocycles. The molecule has 0 atom stereocenters. The molecule has 0 amide bonds. The molecule has 2 aromatic rings. The smallest absolute Gasteiger partial charge is 0.294 e. The van der Waals surface area contributed by atoms with E-state index < -0.39 is 10.5 Å². The molecule has 0 radical (unpaired) electrons. The molecule has 0 fully saturated rings. The molecule has 1 N–H and O–H groups in total. The standard InChI is InChI=1S/C14H16N2O5/c1-3-4-7-21-13-12(20-2)10-6-5-9(16(18)19)8-11(10)15-14(13)17/h5-6,8H,3-4,7H2,1-2H3,(H,15,17). The number of unbranched alkanes of at least 4 members (excludes halogenated alkanes) is 1. The number of nitrogens with zero attached hydrogens (tertiary/aromatic N) is 1. The summed E-state index contributed by atoms with van der Waals surface area (Å²) in [7, 11) is 1.43. The molecule has 21 heavy (non-hydrogen) atoms. The van der Waals surface area contributed by atoms with Gasteiger partial charge in [-0.1, -0.05) is 13.3 Å². The zero-order valence-corrected chi connectivity index (χ0v) is 11.8. The van der Waals surface area contributed by atoms with Crippen molar-refractivity contribution in [2.24, 2.45) is 0 Å². The molecular formula is C14H16N2O5. The van der Waals surface area contributed by atoms with E-state index in [1.54, 1.807) is 0 Å². The Morgan fingerprint density at radius 3 is 2.71 bits per heavy atom. The van der Waals surface area contributed by atoms with Gasteiger partial charge in [0.05, 0.1) is 24.2 Å². The highest BCUT2D eigenvalue weighted by Gasteiger charge is 2.17. The summed E-state index contributed by atoms with van der Waals surface area (Å²) in [4.78, 5) is 24.9. The number of aromatic amines is 1. The maximum atomic E-state index is 12.1. The van der Waals surface area contributed by atoms with Crippen LogP contribution < -0.4 is 15.0 Å². The maximum Gasteiger partial charge on any atom is 0.294 e. The molecule has 1 aromatic carbocycles. The van der Waals surface area contributed by atoms with Crippen molar-refractivity contribution in [2.45, 2.75) is 19.8 Å². The van der Waals surface area contributed by atoms with Crippen LogP contribution in [0.1, 0.15) is 19.8 Å². The zero-order chi connectivity index (χ0) is 15.4. The van der Waals surface area contributed by atoms with Crippen LogP contribution in [0.3, 0.4) is 0 Å². The Labute approximate surface area is 120 Å². The van der Waals surface area contributed by atoms with Gasteiger partial charge in [-0.05, 0) is 12.5 Å². The zero-order valence-electron chi connectivity index (χ0n) is 11.8. The van der Waals surface area contributed by atoms with Crippen molar-refractivity contribution in [3.8, 4) is 11.5 Å². The average Bonchev–Trinajstić information content (AvgIpc) is 2.47. The molecule has 0 saturated carbocycles. The lowest BCUT2D eigenvalue weighted by Crippen LogP contribution is -2.14. The summed E-state index contributed by atoms with van der Waals surface area (Å²) in [6, 6.07) is 4.20. The third-order valence-electron chi connectivity index (χ3n) is 3.07. The van der Waals surface area contributed by atoms with Crippen LogP contribution in [0.2, 0.25) is 0 Å². The predicted octanol–water partition coefficient (Wildman–Crippen LogP) is 2.62. The van der Waals surface area contributed by atoms with Crippen LogP contribution in [0, 0.1) is 10.1 Å². The number of methoxy groups -OCH3 is 1. The second-order valence-electron chi connectivity index (χ2n) is 4.51. The number of aromatic nitrogens is 1. The number of nitrogens with one attached hydrogen (secondary N) is 1. The van der Waals surface area contributed by atoms with Gasteiger partial charge in [-0.15, -0.1) is 0 Å². The number of nitro benzene ring substituents is 1. The molecule has 112 valence electrons. The summed E-state index contributed by atoms with van der Waals surface area (Å²) >= 11 is 0. The molecule has 7 heteroatoms. The van der Waals surface area contributed by atoms with Crippen LogP contribution in [0.15, 0.2) is 23.0 Å². The van der Waals surface area contributed by atoms with Crippen LogP contribution in [0.4, 0.5) is 5.69 Å². The Hall–Kier alpha value is -2.57. The minimum absolute atomic E-state index is 0.0974. The van der Waals surface area contributed by atoms with Gasteiger partial charge in [-0.3, -0.25) is 14.9 Å². The maximum absolute atomic E-state index is 12.1. The van der Waals surface area contributed by atoms with E-state index >= 15 is 0 Å². The van der Waals surface area contributed by atoms with Crippen molar-refractivity contribution < 1.29 is 14.4 Å². The van der Waals surface area contributed by atoms with Crippen molar-refractivity contribution in [3.05, 3.63) is 38.7 Å². The summed E-state index contributed by atoms with van der Waals surface area (Å²) in [5.74, 6) is 0.395. The SMILES string of the molecule is CCCCOc1c(OC)c2ccc([N+](=O)[O-])cc2[nH]c1=O. The number of hydrogen-bond acceptors (Lipinski definition) is 5. The van der Waals surface area contributed by atoms with Gasteiger partial charge in [-0.2, -0.15) is 0 Å². The lowest BCUT2D eigenvalue weighted by molar-refractivity contribution is -0.384. The summed E-state index contributed by atoms with van der Waals surface area (Å²) < 4.78 is 10.7. The molecule has 0 aliphatic rings. The van der Waals surface area contributed by atoms with E-state index in [1.807, 2.05) is 6.92 Å². The number of non-ortho nitro benzene ring substituents is 1. The Balaban J connectivity index is 2.56. The Bertz CT molecular complexity index is 723. The average molecular weight is 292 g/mol. The quantitative estimate of drug-likeness (QED) is 0.501. The first-order valence-electron chi connectivity index (χ1n) is 6.59. The monoisotopic (exact) mass is 292 g/mol. The van der Waals surface area contributed by atoms with Crippen molar-refractivity contribution in [1.29, 1.82) is 0 Å². The fourth-order valence-electron chi connectivity index (χ4n) is 2.00. The van der Waals surface area contributed by atoms with E-state index in [4.69, 9.17) is 9.47 Å². The van der Waals surface area contributed by atoms with Gasteiger partial charge in [0.25, 0.3) is 11.2 Å². The highest BCUT2D eigenvalue weighted by atomic mass is 16.6. The third-order valence-corrected chi connectivity index (χ3v) is 3.07. The van der Waals surface area contributed by atoms with Crippen LogP contribution in [-0.2, 0) is 0 Å². The highest BCUT2D eigenvalue weighted by Crippen LogP contribution is 2.32. The summed E-state index contributed by atoms with van der Waals surface area (Å²) in [6.45, 7) is 2.43. The van der Waals surface area contributed by atoms with E-state index in [-0.39, 0.29) is 11.4 Å². The minimum Gasteiger partial charge on any atom is -0.492 e. The van der Waals surface area contributed by atoms with E-state index in [0.717, 1.165) is 12.8 Å². The summed E-state index contributed by atoms with van der Waals surface area (Å²) in [5, 5.41) is 11.3. The fraction of sp³-hybridized carbons (Fsp3) is 0.357. The van der Waals surface area contributed by atoms with Crippen LogP contribution in [-0.4, -0.2) is 23.6 Å². The molecule has 7 nitrogen and oxygen atoms in total. The molecule has 0 saturated heterocycles. The van der Waals surface area contributed by atoms with Gasteiger partial charge >= 0.3 is 0 Å². The molecule has 0 aliphatic heterocycles. The first kappa shape index (κ1) is 14.8. The van der Waals surface area contributed by atoms with Gasteiger partial charge in [0.1, 0.15) is 0 Å². The second kappa shape index (κ2) is 6.25. The lowest BCUT2D eigenvalue weighted by atomic mass is 10.1. The normalized spacial score (nSPS) is 10.6. The molecule has 0 unspecified atom stereocenters. The van der Waals surface area contributed by atoms with E-state index in [1.165, 1.54) is 25.3 Å². The summed E-state index contributed by atoms with van der Waals surface area (Å²) in [6.07, 6.45) is 1.76. The van der Waals surface area contributed by atoms with Gasteiger partial charge in [0.15, 0.2) is 5.75 Å². The summed E-state index contributed by atoms with van der Waals surface area (Å²) in [5.41, 5.74) is -0.218. The van der Waals surface area contributed by atoms with Gasteiger partial charge in [0, 0.05) is 17.5 Å². The largest absolute Gasteiger partial charge is 0.492 e. The van der Waals surface area contributed by atoms with E-state index in [0.29, 0.717) is 23.3 Å². The van der Waals surface area contributed by atoms with Crippen molar-refractivity contribution >= 4 is 16.6 Å².